The van der Waals surface area contributed by atoms with Gasteiger partial charge in [0.1, 0.15) is 0 Å². The van der Waals surface area contributed by atoms with Crippen molar-refractivity contribution in [3.63, 3.8) is 0 Å². The van der Waals surface area contributed by atoms with Crippen molar-refractivity contribution >= 4 is 17.2 Å². The van der Waals surface area contributed by atoms with Crippen LogP contribution < -0.4 is 10.6 Å². The average Bonchev–Trinajstić information content (AvgIpc) is 2.85. The van der Waals surface area contributed by atoms with E-state index in [0.717, 1.165) is 32.6 Å². The topological polar surface area (TPSA) is 44.4 Å². The van der Waals surface area contributed by atoms with Gasteiger partial charge in [-0.05, 0) is 31.0 Å². The molecule has 4 nitrogen and oxygen atoms in total. The van der Waals surface area contributed by atoms with Gasteiger partial charge in [0.15, 0.2) is 0 Å². The number of nitrogens with zero attached hydrogens (tertiary/aromatic N) is 1. The molecule has 2 N–H and O–H groups in total. The standard InChI is InChI=1S/C15H25N3OS/c1-15(2,13-5-3-10-20-13)12-17-14(19)11-18-8-4-6-16-7-9-18/h3,5,10,16H,4,6-9,11-12H2,1-2H3,(H,17,19). The van der Waals surface area contributed by atoms with Crippen LogP contribution in [0.15, 0.2) is 17.5 Å². The number of hydrogen-bond acceptors (Lipinski definition) is 4. The lowest BCUT2D eigenvalue weighted by Gasteiger charge is -2.25. The van der Waals surface area contributed by atoms with Gasteiger partial charge in [0.25, 0.3) is 0 Å². The molecule has 0 unspecified atom stereocenters. The van der Waals surface area contributed by atoms with Crippen LogP contribution in [0.25, 0.3) is 0 Å². The van der Waals surface area contributed by atoms with E-state index in [1.165, 1.54) is 4.88 Å². The summed E-state index contributed by atoms with van der Waals surface area (Å²) in [7, 11) is 0. The van der Waals surface area contributed by atoms with Crippen LogP contribution >= 0.6 is 11.3 Å². The minimum Gasteiger partial charge on any atom is -0.354 e. The highest BCUT2D eigenvalue weighted by atomic mass is 32.1. The van der Waals surface area contributed by atoms with E-state index in [1.807, 2.05) is 0 Å². The predicted molar refractivity (Wildman–Crippen MR) is 84.3 cm³/mol. The molecule has 5 heteroatoms. The highest BCUT2D eigenvalue weighted by Crippen LogP contribution is 2.26. The predicted octanol–water partition coefficient (Wildman–Crippen LogP) is 1.44. The molecule has 0 aliphatic carbocycles. The molecule has 0 saturated carbocycles. The minimum atomic E-state index is 0.00414. The molecule has 0 radical (unpaired) electrons. The molecule has 1 aromatic rings. The first-order valence-corrected chi connectivity index (χ1v) is 8.20. The van der Waals surface area contributed by atoms with Crippen LogP contribution in [0.5, 0.6) is 0 Å². The van der Waals surface area contributed by atoms with Crippen LogP contribution in [0, 0.1) is 0 Å². The van der Waals surface area contributed by atoms with Gasteiger partial charge in [-0.1, -0.05) is 19.9 Å². The van der Waals surface area contributed by atoms with Crippen molar-refractivity contribution in [2.75, 3.05) is 39.3 Å². The molecule has 0 atom stereocenters. The van der Waals surface area contributed by atoms with Crippen LogP contribution in [0.4, 0.5) is 0 Å². The second-order valence-electron chi connectivity index (χ2n) is 6.02. The van der Waals surface area contributed by atoms with Crippen LogP contribution in [-0.2, 0) is 10.2 Å². The fourth-order valence-electron chi connectivity index (χ4n) is 2.39. The van der Waals surface area contributed by atoms with Gasteiger partial charge >= 0.3 is 0 Å². The lowest BCUT2D eigenvalue weighted by Crippen LogP contribution is -2.43. The molecular formula is C15H25N3OS. The first-order chi connectivity index (χ1) is 9.58. The molecule has 0 aromatic carbocycles. The first-order valence-electron chi connectivity index (χ1n) is 7.32. The molecule has 0 spiro atoms. The van der Waals surface area contributed by atoms with E-state index in [1.54, 1.807) is 11.3 Å². The Morgan fingerprint density at radius 1 is 1.45 bits per heavy atom. The normalized spacial score (nSPS) is 17.7. The molecule has 1 saturated heterocycles. The number of hydrogen-bond donors (Lipinski definition) is 2. The smallest absolute Gasteiger partial charge is 0.234 e. The van der Waals surface area contributed by atoms with Crippen molar-refractivity contribution in [1.29, 1.82) is 0 Å². The third kappa shape index (κ3) is 4.58. The van der Waals surface area contributed by atoms with Crippen LogP contribution in [-0.4, -0.2) is 50.1 Å². The number of rotatable bonds is 5. The molecule has 20 heavy (non-hydrogen) atoms. The van der Waals surface area contributed by atoms with Gasteiger partial charge in [0.2, 0.25) is 5.91 Å². The summed E-state index contributed by atoms with van der Waals surface area (Å²) >= 11 is 1.75. The maximum atomic E-state index is 12.1. The molecule has 1 aromatic heterocycles. The SMILES string of the molecule is CC(C)(CNC(=O)CN1CCCNCC1)c1cccs1. The summed E-state index contributed by atoms with van der Waals surface area (Å²) in [6.45, 7) is 9.57. The summed E-state index contributed by atoms with van der Waals surface area (Å²) in [5, 5.41) is 8.52. The van der Waals surface area contributed by atoms with E-state index < -0.39 is 0 Å². The van der Waals surface area contributed by atoms with Gasteiger partial charge in [0, 0.05) is 29.9 Å². The Morgan fingerprint density at radius 2 is 2.30 bits per heavy atom. The van der Waals surface area contributed by atoms with Gasteiger partial charge in [0.05, 0.1) is 6.54 Å². The fourth-order valence-corrected chi connectivity index (χ4v) is 3.24. The minimum absolute atomic E-state index is 0.00414. The van der Waals surface area contributed by atoms with E-state index in [9.17, 15) is 4.79 Å². The molecule has 1 aliphatic rings. The van der Waals surface area contributed by atoms with E-state index in [0.29, 0.717) is 13.1 Å². The molecular weight excluding hydrogens is 270 g/mol. The average molecular weight is 295 g/mol. The number of carbonyl (C=O) groups is 1. The Labute approximate surface area is 125 Å². The number of thiophene rings is 1. The Morgan fingerprint density at radius 3 is 3.05 bits per heavy atom. The van der Waals surface area contributed by atoms with Crippen LogP contribution in [0.3, 0.4) is 0 Å². The van der Waals surface area contributed by atoms with Crippen molar-refractivity contribution in [3.05, 3.63) is 22.4 Å². The maximum Gasteiger partial charge on any atom is 0.234 e. The molecule has 2 rings (SSSR count). The van der Waals surface area contributed by atoms with Crippen molar-refractivity contribution in [2.45, 2.75) is 25.7 Å². The van der Waals surface area contributed by atoms with Gasteiger partial charge in [-0.15, -0.1) is 11.3 Å². The van der Waals surface area contributed by atoms with Crippen molar-refractivity contribution in [2.24, 2.45) is 0 Å². The Bertz CT molecular complexity index is 409. The summed E-state index contributed by atoms with van der Waals surface area (Å²) in [5.74, 6) is 0.136. The first kappa shape index (κ1) is 15.5. The van der Waals surface area contributed by atoms with Gasteiger partial charge in [-0.25, -0.2) is 0 Å². The fraction of sp³-hybridized carbons (Fsp3) is 0.667. The van der Waals surface area contributed by atoms with Crippen LogP contribution in [0.1, 0.15) is 25.1 Å². The highest BCUT2D eigenvalue weighted by Gasteiger charge is 2.23. The zero-order chi connectivity index (χ0) is 14.4. The van der Waals surface area contributed by atoms with E-state index in [-0.39, 0.29) is 11.3 Å². The monoisotopic (exact) mass is 295 g/mol. The van der Waals surface area contributed by atoms with Crippen molar-refractivity contribution in [1.82, 2.24) is 15.5 Å². The Hall–Kier alpha value is -0.910. The lowest BCUT2D eigenvalue weighted by atomic mass is 9.91. The molecule has 2 heterocycles. The molecule has 0 bridgehead atoms. The zero-order valence-corrected chi connectivity index (χ0v) is 13.3. The van der Waals surface area contributed by atoms with E-state index in [4.69, 9.17) is 0 Å². The van der Waals surface area contributed by atoms with Gasteiger partial charge in [-0.3, -0.25) is 9.69 Å². The van der Waals surface area contributed by atoms with Crippen molar-refractivity contribution in [3.8, 4) is 0 Å². The van der Waals surface area contributed by atoms with E-state index in [2.05, 4.69) is 46.9 Å². The summed E-state index contributed by atoms with van der Waals surface area (Å²) in [5.41, 5.74) is 0.00414. The largest absolute Gasteiger partial charge is 0.354 e. The second kappa shape index (κ2) is 7.20. The number of nitrogens with one attached hydrogen (secondary N) is 2. The third-order valence-corrected chi connectivity index (χ3v) is 4.95. The number of carbonyl (C=O) groups excluding carboxylic acids is 1. The zero-order valence-electron chi connectivity index (χ0n) is 12.4. The lowest BCUT2D eigenvalue weighted by molar-refractivity contribution is -0.122. The molecule has 1 aliphatic heterocycles. The molecule has 112 valence electrons. The second-order valence-corrected chi connectivity index (χ2v) is 6.97. The quantitative estimate of drug-likeness (QED) is 0.864. The summed E-state index contributed by atoms with van der Waals surface area (Å²) in [6.07, 6.45) is 1.12. The summed E-state index contributed by atoms with van der Waals surface area (Å²) < 4.78 is 0. The molecule has 1 amide bonds. The summed E-state index contributed by atoms with van der Waals surface area (Å²) in [4.78, 5) is 15.6. The van der Waals surface area contributed by atoms with E-state index >= 15 is 0 Å². The maximum absolute atomic E-state index is 12.1. The number of amides is 1. The van der Waals surface area contributed by atoms with Crippen LogP contribution in [0.2, 0.25) is 0 Å². The summed E-state index contributed by atoms with van der Waals surface area (Å²) in [6, 6.07) is 4.20. The Balaban J connectivity index is 1.77. The van der Waals surface area contributed by atoms with Gasteiger partial charge in [-0.2, -0.15) is 0 Å². The molecule has 1 fully saturated rings. The Kier molecular flexibility index (Phi) is 5.57. The highest BCUT2D eigenvalue weighted by molar-refractivity contribution is 7.10. The van der Waals surface area contributed by atoms with Crippen molar-refractivity contribution < 1.29 is 4.79 Å². The van der Waals surface area contributed by atoms with Gasteiger partial charge < -0.3 is 10.6 Å². The third-order valence-electron chi connectivity index (χ3n) is 3.72.